The highest BCUT2D eigenvalue weighted by molar-refractivity contribution is 5.48. The third-order valence-electron chi connectivity index (χ3n) is 3.88. The van der Waals surface area contributed by atoms with E-state index in [1.165, 1.54) is 29.7 Å². The minimum Gasteiger partial charge on any atom is -0.370 e. The number of fused-ring (bicyclic) bond motifs is 1. The number of nitrogens with one attached hydrogen (secondary N) is 1. The van der Waals surface area contributed by atoms with Gasteiger partial charge >= 0.3 is 0 Å². The van der Waals surface area contributed by atoms with Gasteiger partial charge in [-0.2, -0.15) is 0 Å². The van der Waals surface area contributed by atoms with Crippen LogP contribution in [0.1, 0.15) is 48.8 Å². The molecular weight excluding hydrogens is 260 g/mol. The van der Waals surface area contributed by atoms with Gasteiger partial charge in [-0.3, -0.25) is 4.98 Å². The Morgan fingerprint density at radius 1 is 1.10 bits per heavy atom. The van der Waals surface area contributed by atoms with Crippen LogP contribution in [0.15, 0.2) is 24.5 Å². The van der Waals surface area contributed by atoms with Gasteiger partial charge in [0.05, 0.1) is 0 Å². The molecule has 2 heterocycles. The van der Waals surface area contributed by atoms with Gasteiger partial charge in [0.2, 0.25) is 0 Å². The molecule has 2 aromatic rings. The molecule has 0 atom stereocenters. The number of aryl methyl sites for hydroxylation is 1. The Morgan fingerprint density at radius 3 is 2.71 bits per heavy atom. The number of anilines is 1. The fourth-order valence-electron chi connectivity index (χ4n) is 2.80. The van der Waals surface area contributed by atoms with Crippen LogP contribution in [-0.2, 0) is 19.3 Å². The number of nitrogens with zero attached hydrogens (tertiary/aromatic N) is 3. The molecule has 1 N–H and O–H groups in total. The third kappa shape index (κ3) is 3.38. The molecule has 0 saturated heterocycles. The molecule has 0 bridgehead atoms. The Bertz CT molecular complexity index is 595. The molecule has 0 fully saturated rings. The number of aromatic nitrogens is 3. The van der Waals surface area contributed by atoms with Crippen LogP contribution in [-0.4, -0.2) is 21.5 Å². The van der Waals surface area contributed by atoms with Gasteiger partial charge in [-0.15, -0.1) is 0 Å². The highest BCUT2D eigenvalue weighted by Gasteiger charge is 2.17. The Morgan fingerprint density at radius 2 is 1.90 bits per heavy atom. The lowest BCUT2D eigenvalue weighted by molar-refractivity contribution is 0.656. The first-order chi connectivity index (χ1) is 10.4. The van der Waals surface area contributed by atoms with Gasteiger partial charge in [0.15, 0.2) is 0 Å². The van der Waals surface area contributed by atoms with Crippen LogP contribution in [0, 0.1) is 0 Å². The minimum absolute atomic E-state index is 0.774. The average molecular weight is 282 g/mol. The summed E-state index contributed by atoms with van der Waals surface area (Å²) in [6, 6.07) is 4.06. The number of pyridine rings is 1. The largest absolute Gasteiger partial charge is 0.370 e. The predicted molar refractivity (Wildman–Crippen MR) is 84.5 cm³/mol. The fraction of sp³-hybridized carbons (Fsp3) is 0.471. The molecule has 0 aliphatic heterocycles. The van der Waals surface area contributed by atoms with Crippen molar-refractivity contribution in [3.63, 3.8) is 0 Å². The highest BCUT2D eigenvalue weighted by atomic mass is 15.0. The molecule has 21 heavy (non-hydrogen) atoms. The van der Waals surface area contributed by atoms with Crippen molar-refractivity contribution in [1.29, 1.82) is 0 Å². The molecule has 0 radical (unpaired) electrons. The molecular formula is C17H22N4. The Hall–Kier alpha value is -1.97. The highest BCUT2D eigenvalue weighted by Crippen LogP contribution is 2.26. The van der Waals surface area contributed by atoms with Gasteiger partial charge < -0.3 is 5.32 Å². The molecule has 0 saturated carbocycles. The lowest BCUT2D eigenvalue weighted by Gasteiger charge is -2.19. The summed E-state index contributed by atoms with van der Waals surface area (Å²) in [5.74, 6) is 1.98. The Kier molecular flexibility index (Phi) is 4.43. The summed E-state index contributed by atoms with van der Waals surface area (Å²) in [7, 11) is 0. The summed E-state index contributed by atoms with van der Waals surface area (Å²) < 4.78 is 0. The maximum Gasteiger partial charge on any atom is 0.135 e. The second-order valence-corrected chi connectivity index (χ2v) is 5.58. The van der Waals surface area contributed by atoms with Crippen LogP contribution < -0.4 is 5.32 Å². The van der Waals surface area contributed by atoms with E-state index in [0.29, 0.717) is 0 Å². The van der Waals surface area contributed by atoms with E-state index in [1.807, 2.05) is 24.5 Å². The molecule has 1 aliphatic rings. The average Bonchev–Trinajstić information content (AvgIpc) is 2.53. The normalized spacial score (nSPS) is 13.8. The van der Waals surface area contributed by atoms with Gasteiger partial charge in [-0.25, -0.2) is 9.97 Å². The van der Waals surface area contributed by atoms with E-state index >= 15 is 0 Å². The predicted octanol–water partition coefficient (Wildman–Crippen LogP) is 3.16. The van der Waals surface area contributed by atoms with Crippen molar-refractivity contribution in [2.75, 3.05) is 11.9 Å². The van der Waals surface area contributed by atoms with E-state index in [9.17, 15) is 0 Å². The van der Waals surface area contributed by atoms with Gasteiger partial charge in [-0.1, -0.05) is 6.92 Å². The SMILES string of the molecule is CCCNc1nc(Cc2ccncc2)nc2c1CCCC2. The lowest BCUT2D eigenvalue weighted by Crippen LogP contribution is -2.15. The van der Waals surface area contributed by atoms with Crippen LogP contribution in [0.2, 0.25) is 0 Å². The van der Waals surface area contributed by atoms with Crippen LogP contribution in [0.25, 0.3) is 0 Å². The van der Waals surface area contributed by atoms with Gasteiger partial charge in [0, 0.05) is 36.6 Å². The number of hydrogen-bond donors (Lipinski definition) is 1. The maximum atomic E-state index is 4.81. The summed E-state index contributed by atoms with van der Waals surface area (Å²) in [6.45, 7) is 3.15. The van der Waals surface area contributed by atoms with E-state index in [2.05, 4.69) is 17.2 Å². The summed E-state index contributed by atoms with van der Waals surface area (Å²) in [6.07, 6.45) is 10.2. The Balaban J connectivity index is 1.90. The first-order valence-electron chi connectivity index (χ1n) is 7.88. The number of rotatable bonds is 5. The zero-order chi connectivity index (χ0) is 14.5. The van der Waals surface area contributed by atoms with E-state index in [0.717, 1.165) is 43.9 Å². The quantitative estimate of drug-likeness (QED) is 0.915. The van der Waals surface area contributed by atoms with Gasteiger partial charge in [0.25, 0.3) is 0 Å². The standard InChI is InChI=1S/C17H22N4/c1-2-9-19-17-14-5-3-4-6-15(14)20-16(21-17)12-13-7-10-18-11-8-13/h7-8,10-11H,2-6,9,12H2,1H3,(H,19,20,21). The zero-order valence-corrected chi connectivity index (χ0v) is 12.6. The molecule has 4 nitrogen and oxygen atoms in total. The summed E-state index contributed by atoms with van der Waals surface area (Å²) in [5, 5.41) is 3.49. The van der Waals surface area contributed by atoms with Crippen molar-refractivity contribution in [3.05, 3.63) is 47.2 Å². The molecule has 1 aliphatic carbocycles. The monoisotopic (exact) mass is 282 g/mol. The number of hydrogen-bond acceptors (Lipinski definition) is 4. The zero-order valence-electron chi connectivity index (χ0n) is 12.6. The van der Waals surface area contributed by atoms with Gasteiger partial charge in [0.1, 0.15) is 11.6 Å². The molecule has 0 amide bonds. The smallest absolute Gasteiger partial charge is 0.135 e. The van der Waals surface area contributed by atoms with Crippen molar-refractivity contribution < 1.29 is 0 Å². The van der Waals surface area contributed by atoms with Crippen molar-refractivity contribution in [2.24, 2.45) is 0 Å². The fourth-order valence-corrected chi connectivity index (χ4v) is 2.80. The molecule has 0 unspecified atom stereocenters. The van der Waals surface area contributed by atoms with Crippen LogP contribution in [0.5, 0.6) is 0 Å². The second-order valence-electron chi connectivity index (χ2n) is 5.58. The third-order valence-corrected chi connectivity index (χ3v) is 3.88. The molecule has 0 aromatic carbocycles. The first kappa shape index (κ1) is 14.0. The summed E-state index contributed by atoms with van der Waals surface area (Å²) >= 11 is 0. The van der Waals surface area contributed by atoms with Crippen molar-refractivity contribution in [3.8, 4) is 0 Å². The van der Waals surface area contributed by atoms with Crippen LogP contribution in [0.4, 0.5) is 5.82 Å². The minimum atomic E-state index is 0.774. The van der Waals surface area contributed by atoms with Crippen LogP contribution >= 0.6 is 0 Å². The molecule has 2 aromatic heterocycles. The van der Waals surface area contributed by atoms with Crippen molar-refractivity contribution in [2.45, 2.75) is 45.4 Å². The first-order valence-corrected chi connectivity index (χ1v) is 7.88. The van der Waals surface area contributed by atoms with E-state index in [-0.39, 0.29) is 0 Å². The van der Waals surface area contributed by atoms with Crippen LogP contribution in [0.3, 0.4) is 0 Å². The molecule has 110 valence electrons. The molecule has 4 heteroatoms. The van der Waals surface area contributed by atoms with E-state index in [4.69, 9.17) is 9.97 Å². The van der Waals surface area contributed by atoms with E-state index < -0.39 is 0 Å². The topological polar surface area (TPSA) is 50.7 Å². The van der Waals surface area contributed by atoms with Crippen molar-refractivity contribution in [1.82, 2.24) is 15.0 Å². The molecule has 3 rings (SSSR count). The van der Waals surface area contributed by atoms with Crippen molar-refractivity contribution >= 4 is 5.82 Å². The van der Waals surface area contributed by atoms with E-state index in [1.54, 1.807) is 0 Å². The lowest BCUT2D eigenvalue weighted by atomic mass is 9.96. The maximum absolute atomic E-state index is 4.81. The summed E-state index contributed by atoms with van der Waals surface area (Å²) in [4.78, 5) is 13.6. The summed E-state index contributed by atoms with van der Waals surface area (Å²) in [5.41, 5.74) is 3.80. The Labute approximate surface area is 126 Å². The van der Waals surface area contributed by atoms with Gasteiger partial charge in [-0.05, 0) is 49.8 Å². The molecule has 0 spiro atoms. The second kappa shape index (κ2) is 6.66.